The third-order valence-electron chi connectivity index (χ3n) is 2.58. The van der Waals surface area contributed by atoms with Crippen molar-refractivity contribution in [2.24, 2.45) is 0 Å². The molecule has 1 heterocycles. The van der Waals surface area contributed by atoms with Crippen molar-refractivity contribution in [3.8, 4) is 0 Å². The summed E-state index contributed by atoms with van der Waals surface area (Å²) in [6, 6.07) is 9.84. The maximum Gasteiger partial charge on any atom is 0.240 e. The molecule has 1 aromatic carbocycles. The average molecular weight is 292 g/mol. The molecule has 19 heavy (non-hydrogen) atoms. The van der Waals surface area contributed by atoms with Crippen LogP contribution in [0.3, 0.4) is 0 Å². The highest BCUT2D eigenvalue weighted by Crippen LogP contribution is 2.37. The van der Waals surface area contributed by atoms with Crippen molar-refractivity contribution in [3.63, 3.8) is 0 Å². The fourth-order valence-corrected chi connectivity index (χ4v) is 3.79. The molecule has 0 fully saturated rings. The Morgan fingerprint density at radius 1 is 1.32 bits per heavy atom. The molecule has 0 spiro atoms. The second kappa shape index (κ2) is 6.21. The van der Waals surface area contributed by atoms with Gasteiger partial charge in [-0.25, -0.2) is 4.98 Å². The number of benzene rings is 1. The molecule has 0 bridgehead atoms. The van der Waals surface area contributed by atoms with E-state index in [4.69, 9.17) is 0 Å². The van der Waals surface area contributed by atoms with Crippen molar-refractivity contribution in [1.82, 2.24) is 9.88 Å². The van der Waals surface area contributed by atoms with Crippen molar-refractivity contribution in [2.75, 3.05) is 14.1 Å². The SMILES string of the molecule is Cc1csc(SC(C(=O)N(C)C)c2ccccc2)n1. The van der Waals surface area contributed by atoms with Crippen LogP contribution in [0.1, 0.15) is 16.5 Å². The summed E-state index contributed by atoms with van der Waals surface area (Å²) in [7, 11) is 3.57. The van der Waals surface area contributed by atoms with Crippen LogP contribution in [0.5, 0.6) is 0 Å². The summed E-state index contributed by atoms with van der Waals surface area (Å²) in [4.78, 5) is 18.4. The molecule has 0 aliphatic rings. The number of thioether (sulfide) groups is 1. The zero-order valence-corrected chi connectivity index (χ0v) is 12.8. The van der Waals surface area contributed by atoms with Crippen LogP contribution in [-0.2, 0) is 4.79 Å². The highest BCUT2D eigenvalue weighted by atomic mass is 32.2. The van der Waals surface area contributed by atoms with Crippen molar-refractivity contribution in [3.05, 3.63) is 47.0 Å². The summed E-state index contributed by atoms with van der Waals surface area (Å²) in [6.07, 6.45) is 0. The van der Waals surface area contributed by atoms with Crippen LogP contribution in [0.15, 0.2) is 40.1 Å². The van der Waals surface area contributed by atoms with Gasteiger partial charge in [0, 0.05) is 25.2 Å². The van der Waals surface area contributed by atoms with Crippen molar-refractivity contribution < 1.29 is 4.79 Å². The lowest BCUT2D eigenvalue weighted by Crippen LogP contribution is -2.26. The second-order valence-corrected chi connectivity index (χ2v) is 6.61. The number of carbonyl (C=O) groups is 1. The molecule has 2 rings (SSSR count). The number of aromatic nitrogens is 1. The number of carbonyl (C=O) groups excluding carboxylic acids is 1. The lowest BCUT2D eigenvalue weighted by atomic mass is 10.1. The molecule has 1 aromatic heterocycles. The molecule has 1 unspecified atom stereocenters. The number of nitrogens with zero attached hydrogens (tertiary/aromatic N) is 2. The predicted octanol–water partition coefficient (Wildman–Crippen LogP) is 3.37. The van der Waals surface area contributed by atoms with Gasteiger partial charge in [-0.3, -0.25) is 4.79 Å². The molecule has 0 aliphatic heterocycles. The van der Waals surface area contributed by atoms with Crippen LogP contribution >= 0.6 is 23.1 Å². The lowest BCUT2D eigenvalue weighted by molar-refractivity contribution is -0.128. The first-order valence-electron chi connectivity index (χ1n) is 5.93. The van der Waals surface area contributed by atoms with Gasteiger partial charge >= 0.3 is 0 Å². The van der Waals surface area contributed by atoms with E-state index in [1.807, 2.05) is 42.6 Å². The molecule has 1 atom stereocenters. The molecule has 1 amide bonds. The van der Waals surface area contributed by atoms with Gasteiger partial charge in [0.05, 0.1) is 0 Å². The standard InChI is InChI=1S/C14H16N2OS2/c1-10-9-18-14(15-10)19-12(13(17)16(2)3)11-7-5-4-6-8-11/h4-9,12H,1-3H3. The number of likely N-dealkylation sites (N-methyl/N-ethyl adjacent to an activating group) is 1. The molecule has 2 aromatic rings. The molecule has 0 saturated carbocycles. The van der Waals surface area contributed by atoms with Crippen molar-refractivity contribution in [1.29, 1.82) is 0 Å². The third-order valence-corrected chi connectivity index (χ3v) is 4.92. The fourth-order valence-electron chi connectivity index (χ4n) is 1.61. The van der Waals surface area contributed by atoms with Crippen molar-refractivity contribution >= 4 is 29.0 Å². The molecule has 5 heteroatoms. The largest absolute Gasteiger partial charge is 0.348 e. The van der Waals surface area contributed by atoms with E-state index in [1.165, 1.54) is 11.8 Å². The topological polar surface area (TPSA) is 33.2 Å². The van der Waals surface area contributed by atoms with E-state index in [0.717, 1.165) is 15.6 Å². The Bertz CT molecular complexity index is 552. The Morgan fingerprint density at radius 3 is 2.53 bits per heavy atom. The Labute approximate surface area is 121 Å². The Balaban J connectivity index is 2.27. The van der Waals surface area contributed by atoms with Gasteiger partial charge in [0.25, 0.3) is 0 Å². The van der Waals surface area contributed by atoms with Gasteiger partial charge in [-0.15, -0.1) is 11.3 Å². The Hall–Kier alpha value is -1.33. The van der Waals surface area contributed by atoms with E-state index in [1.54, 1.807) is 30.3 Å². The highest BCUT2D eigenvalue weighted by Gasteiger charge is 2.24. The van der Waals surface area contributed by atoms with Gasteiger partial charge in [0.15, 0.2) is 4.34 Å². The lowest BCUT2D eigenvalue weighted by Gasteiger charge is -2.19. The molecular weight excluding hydrogens is 276 g/mol. The van der Waals surface area contributed by atoms with Crippen LogP contribution < -0.4 is 0 Å². The average Bonchev–Trinajstić information content (AvgIpc) is 2.81. The maximum atomic E-state index is 12.3. The van der Waals surface area contributed by atoms with Gasteiger partial charge < -0.3 is 4.90 Å². The molecule has 0 N–H and O–H groups in total. The first kappa shape index (κ1) is 14.1. The molecule has 100 valence electrons. The zero-order chi connectivity index (χ0) is 13.8. The van der Waals surface area contributed by atoms with Crippen LogP contribution in [0, 0.1) is 6.92 Å². The Morgan fingerprint density at radius 2 is 2.00 bits per heavy atom. The number of amides is 1. The minimum Gasteiger partial charge on any atom is -0.348 e. The first-order valence-corrected chi connectivity index (χ1v) is 7.69. The van der Waals surface area contributed by atoms with Crippen LogP contribution in [-0.4, -0.2) is 29.9 Å². The number of aryl methyl sites for hydroxylation is 1. The van der Waals surface area contributed by atoms with Gasteiger partial charge in [-0.2, -0.15) is 0 Å². The van der Waals surface area contributed by atoms with Gasteiger partial charge in [0.2, 0.25) is 5.91 Å². The number of hydrogen-bond acceptors (Lipinski definition) is 4. The number of rotatable bonds is 4. The smallest absolute Gasteiger partial charge is 0.240 e. The minimum atomic E-state index is -0.234. The minimum absolute atomic E-state index is 0.0871. The monoisotopic (exact) mass is 292 g/mol. The van der Waals surface area contributed by atoms with Crippen LogP contribution in [0.2, 0.25) is 0 Å². The summed E-state index contributed by atoms with van der Waals surface area (Å²) in [5, 5.41) is 1.77. The molecule has 0 aliphatic carbocycles. The molecule has 3 nitrogen and oxygen atoms in total. The third kappa shape index (κ3) is 3.58. The zero-order valence-electron chi connectivity index (χ0n) is 11.2. The number of hydrogen-bond donors (Lipinski definition) is 0. The normalized spacial score (nSPS) is 12.2. The predicted molar refractivity (Wildman–Crippen MR) is 80.6 cm³/mol. The van der Waals surface area contributed by atoms with Crippen LogP contribution in [0.25, 0.3) is 0 Å². The van der Waals surface area contributed by atoms with Gasteiger partial charge in [-0.1, -0.05) is 42.1 Å². The highest BCUT2D eigenvalue weighted by molar-refractivity contribution is 8.01. The summed E-state index contributed by atoms with van der Waals surface area (Å²) >= 11 is 3.10. The molecular formula is C14H16N2OS2. The van der Waals surface area contributed by atoms with Crippen molar-refractivity contribution in [2.45, 2.75) is 16.5 Å². The second-order valence-electron chi connectivity index (χ2n) is 4.40. The summed E-state index contributed by atoms with van der Waals surface area (Å²) in [5.74, 6) is 0.0871. The van der Waals surface area contributed by atoms with E-state index in [0.29, 0.717) is 0 Å². The maximum absolute atomic E-state index is 12.3. The van der Waals surface area contributed by atoms with Gasteiger partial charge in [0.1, 0.15) is 5.25 Å². The summed E-state index contributed by atoms with van der Waals surface area (Å²) in [6.45, 7) is 1.96. The first-order chi connectivity index (χ1) is 9.08. The number of thiazole rings is 1. The molecule has 0 radical (unpaired) electrons. The van der Waals surface area contributed by atoms with E-state index >= 15 is 0 Å². The quantitative estimate of drug-likeness (QED) is 0.810. The Kier molecular flexibility index (Phi) is 4.61. The van der Waals surface area contributed by atoms with E-state index in [9.17, 15) is 4.79 Å². The van der Waals surface area contributed by atoms with Crippen LogP contribution in [0.4, 0.5) is 0 Å². The van der Waals surface area contributed by atoms with E-state index in [-0.39, 0.29) is 11.2 Å². The summed E-state index contributed by atoms with van der Waals surface area (Å²) < 4.78 is 0.932. The molecule has 0 saturated heterocycles. The summed E-state index contributed by atoms with van der Waals surface area (Å²) in [5.41, 5.74) is 2.01. The van der Waals surface area contributed by atoms with E-state index in [2.05, 4.69) is 4.98 Å². The fraction of sp³-hybridized carbons (Fsp3) is 0.286. The van der Waals surface area contributed by atoms with Gasteiger partial charge in [-0.05, 0) is 12.5 Å². The van der Waals surface area contributed by atoms with E-state index < -0.39 is 0 Å².